The fourth-order valence-corrected chi connectivity index (χ4v) is 3.68. The van der Waals surface area contributed by atoms with Gasteiger partial charge in [0.15, 0.2) is 0 Å². The van der Waals surface area contributed by atoms with Crippen LogP contribution < -0.4 is 9.47 Å². The van der Waals surface area contributed by atoms with Crippen LogP contribution in [0.3, 0.4) is 0 Å². The molecular formula is C18H21ClN2O2. The zero-order valence-corrected chi connectivity index (χ0v) is 14.2. The fourth-order valence-electron chi connectivity index (χ4n) is 3.42. The summed E-state index contributed by atoms with van der Waals surface area (Å²) in [5.74, 6) is 2.31. The molecule has 0 amide bonds. The van der Waals surface area contributed by atoms with Gasteiger partial charge in [0.2, 0.25) is 0 Å². The lowest BCUT2D eigenvalue weighted by atomic mass is 10.1. The first kappa shape index (κ1) is 14.9. The molecule has 4 nitrogen and oxygen atoms in total. The van der Waals surface area contributed by atoms with E-state index in [1.54, 1.807) is 14.2 Å². The van der Waals surface area contributed by atoms with Crippen molar-refractivity contribution in [1.29, 1.82) is 0 Å². The molecule has 2 aliphatic carbocycles. The molecule has 1 aromatic heterocycles. The summed E-state index contributed by atoms with van der Waals surface area (Å²) < 4.78 is 13.0. The van der Waals surface area contributed by atoms with E-state index in [1.807, 2.05) is 18.2 Å². The molecule has 23 heavy (non-hydrogen) atoms. The van der Waals surface area contributed by atoms with Crippen molar-refractivity contribution in [2.45, 2.75) is 31.7 Å². The molecule has 4 rings (SSSR count). The lowest BCUT2D eigenvalue weighted by molar-refractivity contribution is 0.305. The predicted molar refractivity (Wildman–Crippen MR) is 90.3 cm³/mol. The third-order valence-electron chi connectivity index (χ3n) is 4.86. The maximum atomic E-state index is 6.41. The van der Waals surface area contributed by atoms with Crippen molar-refractivity contribution >= 4 is 11.6 Å². The SMILES string of the molecule is COc1ccc(-c2cn(C(C3CC3)C3CC3)c(OC)n2)c(Cl)c1. The molecule has 0 saturated heterocycles. The van der Waals surface area contributed by atoms with Gasteiger partial charge in [0.1, 0.15) is 5.75 Å². The quantitative estimate of drug-likeness (QED) is 0.776. The van der Waals surface area contributed by atoms with E-state index >= 15 is 0 Å². The maximum Gasteiger partial charge on any atom is 0.296 e. The largest absolute Gasteiger partial charge is 0.497 e. The number of imidazole rings is 1. The van der Waals surface area contributed by atoms with E-state index < -0.39 is 0 Å². The van der Waals surface area contributed by atoms with Crippen molar-refractivity contribution in [3.63, 3.8) is 0 Å². The van der Waals surface area contributed by atoms with Gasteiger partial charge >= 0.3 is 0 Å². The summed E-state index contributed by atoms with van der Waals surface area (Å²) >= 11 is 6.41. The second-order valence-electron chi connectivity index (χ2n) is 6.53. The van der Waals surface area contributed by atoms with Gasteiger partial charge in [-0.25, -0.2) is 0 Å². The van der Waals surface area contributed by atoms with E-state index in [0.717, 1.165) is 28.8 Å². The lowest BCUT2D eigenvalue weighted by Crippen LogP contribution is -2.13. The molecule has 2 saturated carbocycles. The molecule has 2 aromatic rings. The minimum absolute atomic E-state index is 0.531. The number of hydrogen-bond acceptors (Lipinski definition) is 3. The van der Waals surface area contributed by atoms with Crippen molar-refractivity contribution in [3.8, 4) is 23.0 Å². The molecule has 0 aliphatic heterocycles. The van der Waals surface area contributed by atoms with Gasteiger partial charge in [0.05, 0.1) is 24.9 Å². The van der Waals surface area contributed by atoms with Gasteiger partial charge in [-0.2, -0.15) is 4.98 Å². The Morgan fingerprint density at radius 1 is 1.13 bits per heavy atom. The number of ether oxygens (including phenoxy) is 2. The monoisotopic (exact) mass is 332 g/mol. The number of hydrogen-bond donors (Lipinski definition) is 0. The first-order valence-electron chi connectivity index (χ1n) is 8.18. The van der Waals surface area contributed by atoms with E-state index in [1.165, 1.54) is 25.7 Å². The van der Waals surface area contributed by atoms with Crippen LogP contribution in [0.4, 0.5) is 0 Å². The number of rotatable bonds is 6. The molecule has 0 radical (unpaired) electrons. The summed E-state index contributed by atoms with van der Waals surface area (Å²) in [5.41, 5.74) is 1.77. The Morgan fingerprint density at radius 2 is 1.83 bits per heavy atom. The van der Waals surface area contributed by atoms with Crippen LogP contribution in [0.15, 0.2) is 24.4 Å². The lowest BCUT2D eigenvalue weighted by Gasteiger charge is -2.18. The summed E-state index contributed by atoms with van der Waals surface area (Å²) in [7, 11) is 3.33. The highest BCUT2D eigenvalue weighted by Gasteiger charge is 2.43. The molecule has 1 aromatic carbocycles. The van der Waals surface area contributed by atoms with E-state index in [-0.39, 0.29) is 0 Å². The van der Waals surface area contributed by atoms with Crippen LogP contribution in [0.2, 0.25) is 5.02 Å². The van der Waals surface area contributed by atoms with Gasteiger partial charge < -0.3 is 9.47 Å². The molecule has 0 atom stereocenters. The molecule has 0 N–H and O–H groups in total. The minimum Gasteiger partial charge on any atom is -0.497 e. The summed E-state index contributed by atoms with van der Waals surface area (Å²) in [6, 6.07) is 6.91. The fraction of sp³-hybridized carbons (Fsp3) is 0.500. The summed E-state index contributed by atoms with van der Waals surface area (Å²) in [6.07, 6.45) is 7.39. The number of halogens is 1. The van der Waals surface area contributed by atoms with Crippen molar-refractivity contribution in [2.75, 3.05) is 14.2 Å². The second-order valence-corrected chi connectivity index (χ2v) is 6.94. The van der Waals surface area contributed by atoms with Gasteiger partial charge in [-0.1, -0.05) is 11.6 Å². The molecule has 2 aliphatic rings. The molecule has 2 fully saturated rings. The predicted octanol–water partition coefficient (Wildman–Crippen LogP) is 4.58. The van der Waals surface area contributed by atoms with Crippen LogP contribution in [0.25, 0.3) is 11.3 Å². The third-order valence-corrected chi connectivity index (χ3v) is 5.18. The summed E-state index contributed by atoms with van der Waals surface area (Å²) in [6.45, 7) is 0. The Kier molecular flexibility index (Phi) is 3.72. The van der Waals surface area contributed by atoms with E-state index in [0.29, 0.717) is 17.1 Å². The van der Waals surface area contributed by atoms with Crippen LogP contribution in [-0.2, 0) is 0 Å². The highest BCUT2D eigenvalue weighted by Crippen LogP contribution is 2.53. The Labute approximate surface area is 141 Å². The van der Waals surface area contributed by atoms with E-state index in [9.17, 15) is 0 Å². The number of nitrogens with zero attached hydrogens (tertiary/aromatic N) is 2. The topological polar surface area (TPSA) is 36.3 Å². The number of aromatic nitrogens is 2. The van der Waals surface area contributed by atoms with E-state index in [2.05, 4.69) is 15.7 Å². The normalized spacial score (nSPS) is 17.6. The van der Waals surface area contributed by atoms with Gasteiger partial charge in [-0.05, 0) is 55.7 Å². The van der Waals surface area contributed by atoms with Gasteiger partial charge in [-0.15, -0.1) is 0 Å². The number of methoxy groups -OCH3 is 2. The second kappa shape index (κ2) is 5.75. The molecular weight excluding hydrogens is 312 g/mol. The van der Waals surface area contributed by atoms with Gasteiger partial charge in [0.25, 0.3) is 6.01 Å². The third kappa shape index (κ3) is 2.80. The summed E-state index contributed by atoms with van der Waals surface area (Å²) in [5, 5.41) is 0.644. The zero-order chi connectivity index (χ0) is 16.0. The van der Waals surface area contributed by atoms with Crippen molar-refractivity contribution in [1.82, 2.24) is 9.55 Å². The molecule has 1 heterocycles. The maximum absolute atomic E-state index is 6.41. The molecule has 5 heteroatoms. The first-order valence-corrected chi connectivity index (χ1v) is 8.56. The van der Waals surface area contributed by atoms with Crippen LogP contribution in [0.1, 0.15) is 31.7 Å². The zero-order valence-electron chi connectivity index (χ0n) is 13.5. The highest BCUT2D eigenvalue weighted by atomic mass is 35.5. The average molecular weight is 333 g/mol. The van der Waals surface area contributed by atoms with Crippen LogP contribution in [0, 0.1) is 11.8 Å². The van der Waals surface area contributed by atoms with Crippen molar-refractivity contribution < 1.29 is 9.47 Å². The van der Waals surface area contributed by atoms with Crippen LogP contribution in [0.5, 0.6) is 11.8 Å². The van der Waals surface area contributed by atoms with Gasteiger partial charge in [0, 0.05) is 17.8 Å². The van der Waals surface area contributed by atoms with Crippen molar-refractivity contribution in [2.24, 2.45) is 11.8 Å². The molecule has 0 unspecified atom stereocenters. The minimum atomic E-state index is 0.531. The Hall–Kier alpha value is -1.68. The smallest absolute Gasteiger partial charge is 0.296 e. The standard InChI is InChI=1S/C18H21ClN2O2/c1-22-13-7-8-14(15(19)9-13)16-10-21(18(20-16)23-2)17(11-3-4-11)12-5-6-12/h7-12,17H,3-6H2,1-2H3. The van der Waals surface area contributed by atoms with Crippen molar-refractivity contribution in [3.05, 3.63) is 29.4 Å². The molecule has 0 spiro atoms. The number of benzene rings is 1. The van der Waals surface area contributed by atoms with E-state index in [4.69, 9.17) is 21.1 Å². The van der Waals surface area contributed by atoms with Crippen LogP contribution >= 0.6 is 11.6 Å². The Morgan fingerprint density at radius 3 is 2.35 bits per heavy atom. The van der Waals surface area contributed by atoms with Crippen LogP contribution in [-0.4, -0.2) is 23.8 Å². The average Bonchev–Trinajstić information content (AvgIpc) is 3.47. The molecule has 0 bridgehead atoms. The summed E-state index contributed by atoms with van der Waals surface area (Å²) in [4.78, 5) is 4.67. The Bertz CT molecular complexity index is 708. The van der Waals surface area contributed by atoms with Gasteiger partial charge in [-0.3, -0.25) is 4.57 Å². The molecule has 122 valence electrons. The first-order chi connectivity index (χ1) is 11.2. The highest BCUT2D eigenvalue weighted by molar-refractivity contribution is 6.33. The Balaban J connectivity index is 1.72.